The van der Waals surface area contributed by atoms with Crippen LogP contribution in [0, 0.1) is 5.82 Å². The fourth-order valence-electron chi connectivity index (χ4n) is 2.33. The first-order valence-electron chi connectivity index (χ1n) is 8.37. The van der Waals surface area contributed by atoms with Crippen molar-refractivity contribution in [3.05, 3.63) is 59.9 Å². The number of nitrogens with one attached hydrogen (secondary N) is 2. The van der Waals surface area contributed by atoms with Crippen LogP contribution in [0.1, 0.15) is 12.5 Å². The predicted molar refractivity (Wildman–Crippen MR) is 97.9 cm³/mol. The van der Waals surface area contributed by atoms with Crippen LogP contribution in [0.15, 0.2) is 48.5 Å². The van der Waals surface area contributed by atoms with Gasteiger partial charge in [-0.05, 0) is 48.9 Å². The van der Waals surface area contributed by atoms with Gasteiger partial charge in [-0.2, -0.15) is 8.42 Å². The Kier molecular flexibility index (Phi) is 5.71. The van der Waals surface area contributed by atoms with Crippen molar-refractivity contribution in [2.24, 2.45) is 0 Å². The Morgan fingerprint density at radius 3 is 2.00 bits per heavy atom. The third kappa shape index (κ3) is 4.90. The van der Waals surface area contributed by atoms with Crippen molar-refractivity contribution in [3.8, 4) is 11.5 Å². The molecule has 1 saturated heterocycles. The Balaban J connectivity index is 1.62. The van der Waals surface area contributed by atoms with E-state index in [9.17, 15) is 27.2 Å². The highest BCUT2D eigenvalue weighted by Gasteiger charge is 2.51. The van der Waals surface area contributed by atoms with Crippen molar-refractivity contribution in [2.45, 2.75) is 19.1 Å². The SMILES string of the molecule is CC1(OS(=O)(=O)Oc2ccc(OCc3ccc(F)cc3)cc2)C(=O)NC(=O)NC1=O. The second-order valence-corrected chi connectivity index (χ2v) is 7.38. The number of imide groups is 2. The van der Waals surface area contributed by atoms with Crippen LogP contribution < -0.4 is 19.6 Å². The van der Waals surface area contributed by atoms with Crippen molar-refractivity contribution in [3.63, 3.8) is 0 Å². The number of carbonyl (C=O) groups excluding carboxylic acids is 3. The number of barbiturate groups is 1. The zero-order chi connectivity index (χ0) is 21.9. The lowest BCUT2D eigenvalue weighted by molar-refractivity contribution is -0.149. The molecule has 10 nitrogen and oxygen atoms in total. The van der Waals surface area contributed by atoms with Crippen LogP contribution in [0.25, 0.3) is 0 Å². The van der Waals surface area contributed by atoms with Gasteiger partial charge in [-0.25, -0.2) is 13.4 Å². The summed E-state index contributed by atoms with van der Waals surface area (Å²) < 4.78 is 52.0. The van der Waals surface area contributed by atoms with Gasteiger partial charge in [0.2, 0.25) is 5.60 Å². The molecule has 0 bridgehead atoms. The molecule has 30 heavy (non-hydrogen) atoms. The van der Waals surface area contributed by atoms with E-state index in [-0.39, 0.29) is 18.2 Å². The minimum atomic E-state index is -4.86. The van der Waals surface area contributed by atoms with E-state index < -0.39 is 33.8 Å². The number of urea groups is 1. The number of amides is 4. The van der Waals surface area contributed by atoms with E-state index in [4.69, 9.17) is 8.92 Å². The summed E-state index contributed by atoms with van der Waals surface area (Å²) in [6.45, 7) is 1.03. The predicted octanol–water partition coefficient (Wildman–Crippen LogP) is 1.17. The highest BCUT2D eigenvalue weighted by molar-refractivity contribution is 7.82. The Morgan fingerprint density at radius 2 is 1.43 bits per heavy atom. The molecule has 0 radical (unpaired) electrons. The maximum atomic E-state index is 12.9. The average molecular weight is 438 g/mol. The molecule has 2 aromatic rings. The molecule has 3 rings (SSSR count). The molecular weight excluding hydrogens is 423 g/mol. The largest absolute Gasteiger partial charge is 0.489 e. The first-order chi connectivity index (χ1) is 14.1. The zero-order valence-corrected chi connectivity index (χ0v) is 16.2. The van der Waals surface area contributed by atoms with Gasteiger partial charge in [0.25, 0.3) is 11.8 Å². The van der Waals surface area contributed by atoms with Gasteiger partial charge in [-0.1, -0.05) is 12.1 Å². The maximum absolute atomic E-state index is 12.9. The summed E-state index contributed by atoms with van der Waals surface area (Å²) in [5.41, 5.74) is -1.80. The molecule has 0 aromatic heterocycles. The van der Waals surface area contributed by atoms with Gasteiger partial charge in [0, 0.05) is 0 Å². The second-order valence-electron chi connectivity index (χ2n) is 6.23. The Labute approximate surface area is 170 Å². The highest BCUT2D eigenvalue weighted by Crippen LogP contribution is 2.23. The minimum Gasteiger partial charge on any atom is -0.489 e. The number of hydrogen-bond acceptors (Lipinski definition) is 8. The summed E-state index contributed by atoms with van der Waals surface area (Å²) in [7, 11) is -4.86. The molecule has 1 heterocycles. The Bertz CT molecular complexity index is 1060. The van der Waals surface area contributed by atoms with Crippen LogP contribution >= 0.6 is 0 Å². The zero-order valence-electron chi connectivity index (χ0n) is 15.4. The summed E-state index contributed by atoms with van der Waals surface area (Å²) in [6.07, 6.45) is 0. The van der Waals surface area contributed by atoms with Crippen LogP contribution in [0.4, 0.5) is 9.18 Å². The number of halogens is 1. The molecule has 12 heteroatoms. The van der Waals surface area contributed by atoms with E-state index in [1.54, 1.807) is 22.8 Å². The molecule has 0 saturated carbocycles. The molecule has 1 aliphatic heterocycles. The topological polar surface area (TPSA) is 137 Å². The van der Waals surface area contributed by atoms with Crippen molar-refractivity contribution < 1.29 is 40.3 Å². The number of ether oxygens (including phenoxy) is 1. The van der Waals surface area contributed by atoms with Gasteiger partial charge in [0.05, 0.1) is 0 Å². The maximum Gasteiger partial charge on any atom is 0.450 e. The van der Waals surface area contributed by atoms with E-state index in [0.29, 0.717) is 5.75 Å². The highest BCUT2D eigenvalue weighted by atomic mass is 32.3. The van der Waals surface area contributed by atoms with Gasteiger partial charge in [0.15, 0.2) is 0 Å². The normalized spacial score (nSPS) is 15.9. The molecule has 0 atom stereocenters. The van der Waals surface area contributed by atoms with Gasteiger partial charge in [-0.15, -0.1) is 0 Å². The molecule has 0 aliphatic carbocycles. The first-order valence-corrected chi connectivity index (χ1v) is 9.70. The molecule has 2 N–H and O–H groups in total. The van der Waals surface area contributed by atoms with E-state index in [0.717, 1.165) is 12.5 Å². The fourth-order valence-corrected chi connectivity index (χ4v) is 3.27. The monoisotopic (exact) mass is 438 g/mol. The third-order valence-electron chi connectivity index (χ3n) is 3.93. The lowest BCUT2D eigenvalue weighted by Gasteiger charge is -2.28. The lowest BCUT2D eigenvalue weighted by atomic mass is 10.0. The smallest absolute Gasteiger partial charge is 0.450 e. The molecule has 0 spiro atoms. The summed E-state index contributed by atoms with van der Waals surface area (Å²) >= 11 is 0. The summed E-state index contributed by atoms with van der Waals surface area (Å²) in [5, 5.41) is 3.47. The fraction of sp³-hybridized carbons (Fsp3) is 0.167. The van der Waals surface area contributed by atoms with Crippen LogP contribution in [0.2, 0.25) is 0 Å². The average Bonchev–Trinajstić information content (AvgIpc) is 2.66. The number of rotatable bonds is 7. The van der Waals surface area contributed by atoms with Crippen molar-refractivity contribution >= 4 is 28.2 Å². The molecule has 1 aliphatic rings. The summed E-state index contributed by atoms with van der Waals surface area (Å²) in [5.74, 6) is -2.69. The number of carbonyl (C=O) groups is 3. The second kappa shape index (κ2) is 8.08. The van der Waals surface area contributed by atoms with Crippen LogP contribution in [-0.4, -0.2) is 31.9 Å². The quantitative estimate of drug-likeness (QED) is 0.615. The van der Waals surface area contributed by atoms with E-state index >= 15 is 0 Å². The van der Waals surface area contributed by atoms with Crippen molar-refractivity contribution in [2.75, 3.05) is 0 Å². The van der Waals surface area contributed by atoms with Gasteiger partial charge < -0.3 is 8.92 Å². The van der Waals surface area contributed by atoms with Gasteiger partial charge in [0.1, 0.15) is 23.9 Å². The van der Waals surface area contributed by atoms with Gasteiger partial charge >= 0.3 is 16.4 Å². The molecule has 1 fully saturated rings. The van der Waals surface area contributed by atoms with E-state index in [2.05, 4.69) is 4.18 Å². The van der Waals surface area contributed by atoms with Gasteiger partial charge in [-0.3, -0.25) is 20.2 Å². The summed E-state index contributed by atoms with van der Waals surface area (Å²) in [4.78, 5) is 34.8. The minimum absolute atomic E-state index is 0.156. The standard InChI is InChI=1S/C18H15FN2O8S/c1-18(15(22)20-17(24)21-16(18)23)29-30(25,26)28-14-8-6-13(7-9-14)27-10-11-2-4-12(19)5-3-11/h2-9H,10H2,1H3,(H2,20,21,22,23,24). The van der Waals surface area contributed by atoms with Crippen LogP contribution in [0.3, 0.4) is 0 Å². The Hall–Kier alpha value is -3.51. The van der Waals surface area contributed by atoms with Crippen LogP contribution in [-0.2, 0) is 30.8 Å². The van der Waals surface area contributed by atoms with Crippen molar-refractivity contribution in [1.82, 2.24) is 10.6 Å². The lowest BCUT2D eigenvalue weighted by Crippen LogP contribution is -2.66. The molecule has 158 valence electrons. The number of hydrogen-bond donors (Lipinski definition) is 2. The van der Waals surface area contributed by atoms with Crippen molar-refractivity contribution in [1.29, 1.82) is 0 Å². The molecule has 0 unspecified atom stereocenters. The third-order valence-corrected chi connectivity index (χ3v) is 4.86. The first kappa shape index (κ1) is 21.2. The van der Waals surface area contributed by atoms with E-state index in [1.165, 1.54) is 36.4 Å². The van der Waals surface area contributed by atoms with Crippen LogP contribution in [0.5, 0.6) is 11.5 Å². The molecule has 2 aromatic carbocycles. The van der Waals surface area contributed by atoms with E-state index in [1.807, 2.05) is 0 Å². The summed E-state index contributed by atoms with van der Waals surface area (Å²) in [6, 6.07) is 9.95. The Morgan fingerprint density at radius 1 is 0.900 bits per heavy atom. The molecule has 4 amide bonds. The molecular formula is C18H15FN2O8S. The number of benzene rings is 2.